The van der Waals surface area contributed by atoms with Crippen LogP contribution in [-0.2, 0) is 31.4 Å². The Kier molecular flexibility index (Phi) is 4.90. The van der Waals surface area contributed by atoms with E-state index in [0.29, 0.717) is 19.4 Å². The van der Waals surface area contributed by atoms with Crippen molar-refractivity contribution in [3.8, 4) is 0 Å². The summed E-state index contributed by atoms with van der Waals surface area (Å²) < 4.78 is 1.73. The lowest BCUT2D eigenvalue weighted by Crippen LogP contribution is -2.22. The summed E-state index contributed by atoms with van der Waals surface area (Å²) >= 11 is 0. The summed E-state index contributed by atoms with van der Waals surface area (Å²) in [5.41, 5.74) is 2.96. The Bertz CT molecular complexity index is 561. The molecule has 20 heavy (non-hydrogen) atoms. The van der Waals surface area contributed by atoms with Crippen LogP contribution in [0.3, 0.4) is 0 Å². The second-order valence-corrected chi connectivity index (χ2v) is 4.77. The highest BCUT2D eigenvalue weighted by molar-refractivity contribution is 5.76. The van der Waals surface area contributed by atoms with E-state index in [-0.39, 0.29) is 12.5 Å². The van der Waals surface area contributed by atoms with Gasteiger partial charge in [-0.3, -0.25) is 9.48 Å². The molecule has 2 aromatic rings. The fourth-order valence-electron chi connectivity index (χ4n) is 1.91. The quantitative estimate of drug-likeness (QED) is 0.830. The van der Waals surface area contributed by atoms with Gasteiger partial charge in [0, 0.05) is 26.2 Å². The minimum atomic E-state index is 0.0279. The molecule has 2 rings (SSSR count). The minimum Gasteiger partial charge on any atom is -0.392 e. The van der Waals surface area contributed by atoms with Crippen molar-refractivity contribution in [2.45, 2.75) is 26.0 Å². The number of nitrogens with zero attached hydrogens (tertiary/aromatic N) is 2. The van der Waals surface area contributed by atoms with Gasteiger partial charge in [0.15, 0.2) is 0 Å². The molecule has 1 aromatic carbocycles. The van der Waals surface area contributed by atoms with E-state index in [0.717, 1.165) is 16.7 Å². The Balaban J connectivity index is 1.74. The van der Waals surface area contributed by atoms with Crippen LogP contribution in [0.1, 0.15) is 23.1 Å². The molecule has 0 saturated carbocycles. The summed E-state index contributed by atoms with van der Waals surface area (Å²) in [6.07, 6.45) is 4.85. The molecule has 1 heterocycles. The highest BCUT2D eigenvalue weighted by atomic mass is 16.3. The molecule has 0 unspecified atom stereocenters. The van der Waals surface area contributed by atoms with Crippen LogP contribution >= 0.6 is 0 Å². The maximum absolute atomic E-state index is 11.7. The van der Waals surface area contributed by atoms with Gasteiger partial charge < -0.3 is 10.4 Å². The molecule has 0 saturated heterocycles. The highest BCUT2D eigenvalue weighted by Gasteiger charge is 2.03. The normalized spacial score (nSPS) is 10.5. The monoisotopic (exact) mass is 273 g/mol. The van der Waals surface area contributed by atoms with Crippen molar-refractivity contribution in [3.63, 3.8) is 0 Å². The Morgan fingerprint density at radius 1 is 1.25 bits per heavy atom. The molecule has 0 aliphatic carbocycles. The van der Waals surface area contributed by atoms with Crippen molar-refractivity contribution in [1.82, 2.24) is 15.1 Å². The molecular formula is C15H19N3O2. The topological polar surface area (TPSA) is 67.2 Å². The van der Waals surface area contributed by atoms with Crippen molar-refractivity contribution < 1.29 is 9.90 Å². The van der Waals surface area contributed by atoms with Gasteiger partial charge in [-0.2, -0.15) is 5.10 Å². The first-order valence-corrected chi connectivity index (χ1v) is 6.60. The molecule has 0 bridgehead atoms. The molecular weight excluding hydrogens is 254 g/mol. The standard InChI is InChI=1S/C15H19N3O2/c1-18-10-14(9-17-18)6-7-15(20)16-8-12-2-4-13(11-19)5-3-12/h2-5,9-10,19H,6-8,11H2,1H3,(H,16,20). The third-order valence-corrected chi connectivity index (χ3v) is 3.09. The van der Waals surface area contributed by atoms with Gasteiger partial charge in [0.2, 0.25) is 5.91 Å². The first kappa shape index (κ1) is 14.3. The summed E-state index contributed by atoms with van der Waals surface area (Å²) in [6.45, 7) is 0.551. The first-order valence-electron chi connectivity index (χ1n) is 6.60. The van der Waals surface area contributed by atoms with E-state index in [1.54, 1.807) is 10.9 Å². The van der Waals surface area contributed by atoms with Gasteiger partial charge in [-0.25, -0.2) is 0 Å². The molecule has 0 spiro atoms. The SMILES string of the molecule is Cn1cc(CCC(=O)NCc2ccc(CO)cc2)cn1. The van der Waals surface area contributed by atoms with Crippen LogP contribution in [0.25, 0.3) is 0 Å². The summed E-state index contributed by atoms with van der Waals surface area (Å²) in [5, 5.41) is 15.9. The Morgan fingerprint density at radius 3 is 2.55 bits per heavy atom. The van der Waals surface area contributed by atoms with Crippen molar-refractivity contribution in [3.05, 3.63) is 53.3 Å². The lowest BCUT2D eigenvalue weighted by molar-refractivity contribution is -0.121. The van der Waals surface area contributed by atoms with Crippen LogP contribution < -0.4 is 5.32 Å². The van der Waals surface area contributed by atoms with E-state index in [2.05, 4.69) is 10.4 Å². The van der Waals surface area contributed by atoms with Crippen molar-refractivity contribution >= 4 is 5.91 Å². The van der Waals surface area contributed by atoms with E-state index in [4.69, 9.17) is 5.11 Å². The predicted octanol–water partition coefficient (Wildman–Crippen LogP) is 1.16. The van der Waals surface area contributed by atoms with Crippen molar-refractivity contribution in [1.29, 1.82) is 0 Å². The third-order valence-electron chi connectivity index (χ3n) is 3.09. The van der Waals surface area contributed by atoms with Gasteiger partial charge in [-0.1, -0.05) is 24.3 Å². The summed E-state index contributed by atoms with van der Waals surface area (Å²) in [4.78, 5) is 11.7. The molecule has 2 N–H and O–H groups in total. The second kappa shape index (κ2) is 6.86. The van der Waals surface area contributed by atoms with Crippen LogP contribution in [0.2, 0.25) is 0 Å². The molecule has 1 aromatic heterocycles. The maximum atomic E-state index is 11.7. The first-order chi connectivity index (χ1) is 9.67. The molecule has 1 amide bonds. The number of aliphatic hydroxyl groups is 1. The molecule has 5 nitrogen and oxygen atoms in total. The molecule has 0 atom stereocenters. The zero-order valence-electron chi connectivity index (χ0n) is 11.5. The van der Waals surface area contributed by atoms with Crippen molar-refractivity contribution in [2.24, 2.45) is 7.05 Å². The van der Waals surface area contributed by atoms with Gasteiger partial charge in [0.25, 0.3) is 0 Å². The lowest BCUT2D eigenvalue weighted by Gasteiger charge is -2.05. The van der Waals surface area contributed by atoms with Gasteiger partial charge in [-0.15, -0.1) is 0 Å². The maximum Gasteiger partial charge on any atom is 0.220 e. The predicted molar refractivity (Wildman–Crippen MR) is 75.7 cm³/mol. The number of rotatable bonds is 6. The van der Waals surface area contributed by atoms with E-state index >= 15 is 0 Å². The number of nitrogens with one attached hydrogen (secondary N) is 1. The molecule has 0 aliphatic rings. The molecule has 106 valence electrons. The Labute approximate surface area is 118 Å². The zero-order valence-corrected chi connectivity index (χ0v) is 11.5. The van der Waals surface area contributed by atoms with Crippen LogP contribution in [0.15, 0.2) is 36.7 Å². The summed E-state index contributed by atoms with van der Waals surface area (Å²) in [7, 11) is 1.86. The van der Waals surface area contributed by atoms with Crippen LogP contribution in [0.4, 0.5) is 0 Å². The van der Waals surface area contributed by atoms with E-state index in [1.807, 2.05) is 37.5 Å². The van der Waals surface area contributed by atoms with Gasteiger partial charge >= 0.3 is 0 Å². The fraction of sp³-hybridized carbons (Fsp3) is 0.333. The number of hydrogen-bond acceptors (Lipinski definition) is 3. The van der Waals surface area contributed by atoms with Crippen molar-refractivity contribution in [2.75, 3.05) is 0 Å². The largest absolute Gasteiger partial charge is 0.392 e. The van der Waals surface area contributed by atoms with E-state index in [9.17, 15) is 4.79 Å². The number of hydrogen-bond donors (Lipinski definition) is 2. The Hall–Kier alpha value is -2.14. The molecule has 0 fully saturated rings. The van der Waals surface area contributed by atoms with Crippen LogP contribution in [0, 0.1) is 0 Å². The molecule has 0 radical (unpaired) electrons. The van der Waals surface area contributed by atoms with Crippen LogP contribution in [-0.4, -0.2) is 20.8 Å². The minimum absolute atomic E-state index is 0.0279. The van der Waals surface area contributed by atoms with Crippen LogP contribution in [0.5, 0.6) is 0 Å². The van der Waals surface area contributed by atoms with E-state index < -0.39 is 0 Å². The van der Waals surface area contributed by atoms with Gasteiger partial charge in [-0.05, 0) is 23.1 Å². The number of amides is 1. The van der Waals surface area contributed by atoms with Gasteiger partial charge in [0.1, 0.15) is 0 Å². The van der Waals surface area contributed by atoms with E-state index in [1.165, 1.54) is 0 Å². The average Bonchev–Trinajstić information content (AvgIpc) is 2.89. The van der Waals surface area contributed by atoms with Gasteiger partial charge in [0.05, 0.1) is 12.8 Å². The number of benzene rings is 1. The molecule has 0 aliphatic heterocycles. The number of aromatic nitrogens is 2. The summed E-state index contributed by atoms with van der Waals surface area (Å²) in [6, 6.07) is 7.54. The lowest BCUT2D eigenvalue weighted by atomic mass is 10.1. The number of carbonyl (C=O) groups excluding carboxylic acids is 1. The highest BCUT2D eigenvalue weighted by Crippen LogP contribution is 2.05. The zero-order chi connectivity index (χ0) is 14.4. The third kappa shape index (κ3) is 4.20. The fourth-order valence-corrected chi connectivity index (χ4v) is 1.91. The average molecular weight is 273 g/mol. The number of carbonyl (C=O) groups is 1. The smallest absolute Gasteiger partial charge is 0.220 e. The second-order valence-electron chi connectivity index (χ2n) is 4.77. The number of aryl methyl sites for hydroxylation is 2. The molecule has 5 heteroatoms. The summed E-state index contributed by atoms with van der Waals surface area (Å²) in [5.74, 6) is 0.0279. The number of aliphatic hydroxyl groups excluding tert-OH is 1. The Morgan fingerprint density at radius 2 is 1.95 bits per heavy atom.